The number of benzene rings is 4. The number of nitrogens with one attached hydrogen (secondary N) is 1. The van der Waals surface area contributed by atoms with Crippen molar-refractivity contribution >= 4 is 11.8 Å². The predicted molar refractivity (Wildman–Crippen MR) is 263 cm³/mol. The first-order chi connectivity index (χ1) is 33.0. The Hall–Kier alpha value is -5.70. The third-order valence-electron chi connectivity index (χ3n) is 13.1. The Bertz CT molecular complexity index is 2250. The second kappa shape index (κ2) is 26.7. The van der Waals surface area contributed by atoms with Gasteiger partial charge in [0.15, 0.2) is 51.8 Å². The van der Waals surface area contributed by atoms with Crippen molar-refractivity contribution in [2.75, 3.05) is 103 Å². The zero-order valence-corrected chi connectivity index (χ0v) is 42.1. The number of esters is 1. The molecule has 1 N–H and O–H groups in total. The molecule has 4 aromatic rings. The molecule has 0 radical (unpaired) electrons. The molecule has 2 heterocycles. The summed E-state index contributed by atoms with van der Waals surface area (Å²) in [6.07, 6.45) is 7.72. The third kappa shape index (κ3) is 14.2. The Morgan fingerprint density at radius 2 is 1.10 bits per heavy atom. The van der Waals surface area contributed by atoms with E-state index in [9.17, 15) is 9.59 Å². The molecule has 2 aliphatic heterocycles. The lowest BCUT2D eigenvalue weighted by Crippen LogP contribution is -2.53. The molecule has 0 amide bonds. The molecule has 14 nitrogen and oxygen atoms in total. The molecule has 3 atom stereocenters. The minimum Gasteiger partial charge on any atom is -0.493 e. The molecule has 68 heavy (non-hydrogen) atoms. The Morgan fingerprint density at radius 3 is 1.68 bits per heavy atom. The van der Waals surface area contributed by atoms with Crippen LogP contribution in [0.3, 0.4) is 0 Å². The summed E-state index contributed by atoms with van der Waals surface area (Å²) < 4.78 is 55.7. The van der Waals surface area contributed by atoms with Gasteiger partial charge in [0.25, 0.3) is 0 Å². The van der Waals surface area contributed by atoms with E-state index in [1.54, 1.807) is 56.9 Å². The fraction of sp³-hybridized carbons (Fsp3) is 0.519. The van der Waals surface area contributed by atoms with Crippen LogP contribution in [-0.2, 0) is 44.7 Å². The first kappa shape index (κ1) is 53.3. The third-order valence-corrected chi connectivity index (χ3v) is 13.1. The summed E-state index contributed by atoms with van der Waals surface area (Å²) in [6, 6.07) is 20.8. The Balaban J connectivity index is 0.000000291. The molecule has 0 bridgehead atoms. The Labute approximate surface area is 404 Å². The topological polar surface area (TPSA) is 138 Å². The standard InChI is InChI=1S/C34H50NO8.C20H25NO4/c1-7-8-11-27(36)24-42-18-9-10-19-43-34(37)15-17-35(2)16-14-26-22-32(40-5)33(41-6)23-28(26)29(35)20-25-12-13-30(38-3)31(21-25)39-4;1-22-17-6-5-13(10-18(17)23-2)9-16-15-12-20(25-4)19(24-3)11-14(15)7-8-21-16/h12-13,21-23,29H,7-11,14-20,24H2,1-6H3;5-6,10-12,16,21H,7-9H2,1-4H3/q+1;/t29-,35-;/m1./s1. The monoisotopic (exact) mass is 944 g/mol. The maximum atomic E-state index is 12.8. The largest absolute Gasteiger partial charge is 0.493 e. The van der Waals surface area contributed by atoms with Gasteiger partial charge in [-0.15, -0.1) is 0 Å². The molecule has 6 rings (SSSR count). The maximum absolute atomic E-state index is 12.8. The van der Waals surface area contributed by atoms with Crippen molar-refractivity contribution in [1.29, 1.82) is 0 Å². The molecule has 14 heteroatoms. The fourth-order valence-electron chi connectivity index (χ4n) is 9.10. The van der Waals surface area contributed by atoms with Crippen LogP contribution in [0.4, 0.5) is 0 Å². The zero-order chi connectivity index (χ0) is 49.1. The number of nitrogens with zero attached hydrogens (tertiary/aromatic N) is 1. The number of likely N-dealkylation sites (N-methyl/N-ethyl adjacent to an activating group) is 1. The van der Waals surface area contributed by atoms with Crippen molar-refractivity contribution in [2.24, 2.45) is 0 Å². The summed E-state index contributed by atoms with van der Waals surface area (Å²) in [6.45, 7) is 5.55. The molecule has 0 fully saturated rings. The summed E-state index contributed by atoms with van der Waals surface area (Å²) in [5, 5.41) is 3.61. The molecule has 2 aliphatic rings. The number of ether oxygens (including phenoxy) is 10. The van der Waals surface area contributed by atoms with Crippen LogP contribution in [0.2, 0.25) is 0 Å². The summed E-state index contributed by atoms with van der Waals surface area (Å²) in [4.78, 5) is 24.5. The number of ketones is 1. The SMILES string of the molecule is CCCCC(=O)COCCCCOC(=O)CC[N@@+]1(C)CCc2cc(OC)c(OC)cc2[C@H]1Cc1ccc(OC)c(OC)c1.COc1ccc(CC2NCCc3cc(OC)c(OC)cc32)cc1OC. The molecule has 0 saturated carbocycles. The number of hydrogen-bond donors (Lipinski definition) is 1. The van der Waals surface area contributed by atoms with E-state index in [1.807, 2.05) is 24.3 Å². The van der Waals surface area contributed by atoms with Gasteiger partial charge in [-0.2, -0.15) is 0 Å². The number of rotatable bonds is 25. The number of hydrogen-bond acceptors (Lipinski definition) is 13. The lowest BCUT2D eigenvalue weighted by Gasteiger charge is -2.46. The van der Waals surface area contributed by atoms with Crippen molar-refractivity contribution in [3.8, 4) is 46.0 Å². The van der Waals surface area contributed by atoms with E-state index in [4.69, 9.17) is 47.4 Å². The Morgan fingerprint density at radius 1 is 0.588 bits per heavy atom. The molecule has 0 spiro atoms. The zero-order valence-electron chi connectivity index (χ0n) is 42.1. The van der Waals surface area contributed by atoms with Gasteiger partial charge in [-0.25, -0.2) is 0 Å². The van der Waals surface area contributed by atoms with Crippen LogP contribution in [-0.4, -0.2) is 120 Å². The van der Waals surface area contributed by atoms with Crippen molar-refractivity contribution < 1.29 is 61.4 Å². The van der Waals surface area contributed by atoms with Gasteiger partial charge < -0.3 is 57.2 Å². The molecule has 0 saturated heterocycles. The average Bonchev–Trinajstić information content (AvgIpc) is 3.37. The van der Waals surface area contributed by atoms with Crippen molar-refractivity contribution in [1.82, 2.24) is 5.32 Å². The normalized spacial score (nSPS) is 17.0. The van der Waals surface area contributed by atoms with Crippen molar-refractivity contribution in [3.63, 3.8) is 0 Å². The molecule has 4 aromatic carbocycles. The summed E-state index contributed by atoms with van der Waals surface area (Å²) in [5.74, 6) is 5.79. The molecule has 1 unspecified atom stereocenters. The van der Waals surface area contributed by atoms with Gasteiger partial charge in [-0.05, 0) is 115 Å². The minimum atomic E-state index is -0.196. The van der Waals surface area contributed by atoms with E-state index in [1.165, 1.54) is 27.8 Å². The van der Waals surface area contributed by atoms with Crippen LogP contribution in [0, 0.1) is 0 Å². The van der Waals surface area contributed by atoms with Crippen molar-refractivity contribution in [2.45, 2.75) is 83.2 Å². The molecular weight excluding hydrogens is 869 g/mol. The lowest BCUT2D eigenvalue weighted by molar-refractivity contribution is -0.940. The van der Waals surface area contributed by atoms with E-state index in [0.717, 1.165) is 92.3 Å². The molecule has 0 aromatic heterocycles. The highest BCUT2D eigenvalue weighted by Gasteiger charge is 2.40. The maximum Gasteiger partial charge on any atom is 0.311 e. The van der Waals surface area contributed by atoms with Crippen molar-refractivity contribution in [3.05, 3.63) is 94.0 Å². The number of carbonyl (C=O) groups excluding carboxylic acids is 2. The van der Waals surface area contributed by atoms with E-state index in [-0.39, 0.29) is 30.4 Å². The first-order valence-corrected chi connectivity index (χ1v) is 23.7. The minimum absolute atomic E-state index is 0.0756. The number of Topliss-reactive ketones (excluding diaryl/α,β-unsaturated/α-hetero) is 1. The smallest absolute Gasteiger partial charge is 0.311 e. The van der Waals surface area contributed by atoms with Gasteiger partial charge in [-0.1, -0.05) is 25.5 Å². The van der Waals surface area contributed by atoms with Gasteiger partial charge in [-0.3, -0.25) is 9.59 Å². The van der Waals surface area contributed by atoms with E-state index >= 15 is 0 Å². The van der Waals surface area contributed by atoms with Crippen LogP contribution < -0.4 is 43.2 Å². The molecule has 0 aliphatic carbocycles. The van der Waals surface area contributed by atoms with Gasteiger partial charge >= 0.3 is 5.97 Å². The Kier molecular flexibility index (Phi) is 20.9. The van der Waals surface area contributed by atoms with Gasteiger partial charge in [0.05, 0.1) is 90.0 Å². The van der Waals surface area contributed by atoms with E-state index in [0.29, 0.717) is 60.8 Å². The molecule has 372 valence electrons. The van der Waals surface area contributed by atoms with Crippen LogP contribution in [0.15, 0.2) is 60.7 Å². The highest BCUT2D eigenvalue weighted by molar-refractivity contribution is 5.79. The summed E-state index contributed by atoms with van der Waals surface area (Å²) >= 11 is 0. The van der Waals surface area contributed by atoms with Crippen LogP contribution in [0.25, 0.3) is 0 Å². The van der Waals surface area contributed by atoms with E-state index in [2.05, 4.69) is 55.7 Å². The average molecular weight is 944 g/mol. The second-order valence-corrected chi connectivity index (χ2v) is 17.4. The quantitative estimate of drug-likeness (QED) is 0.0386. The highest BCUT2D eigenvalue weighted by Crippen LogP contribution is 2.43. The number of carbonyl (C=O) groups is 2. The second-order valence-electron chi connectivity index (χ2n) is 17.4. The number of quaternary nitrogens is 1. The van der Waals surface area contributed by atoms with Crippen LogP contribution >= 0.6 is 0 Å². The summed E-state index contributed by atoms with van der Waals surface area (Å²) in [7, 11) is 15.5. The highest BCUT2D eigenvalue weighted by atomic mass is 16.5. The predicted octanol–water partition coefficient (Wildman–Crippen LogP) is 8.65. The number of methoxy groups -OCH3 is 8. The summed E-state index contributed by atoms with van der Waals surface area (Å²) in [5.41, 5.74) is 7.31. The van der Waals surface area contributed by atoms with Crippen LogP contribution in [0.5, 0.6) is 46.0 Å². The van der Waals surface area contributed by atoms with Gasteiger partial charge in [0.1, 0.15) is 12.6 Å². The van der Waals surface area contributed by atoms with Gasteiger partial charge in [0, 0.05) is 37.5 Å². The number of unbranched alkanes of at least 4 members (excludes halogenated alkanes) is 2. The van der Waals surface area contributed by atoms with Crippen LogP contribution in [0.1, 0.15) is 90.9 Å². The molecular formula is C54H75N2O12+. The lowest BCUT2D eigenvalue weighted by atomic mass is 9.86. The first-order valence-electron chi connectivity index (χ1n) is 23.7. The van der Waals surface area contributed by atoms with E-state index < -0.39 is 0 Å². The fourth-order valence-corrected chi connectivity index (χ4v) is 9.10. The number of fused-ring (bicyclic) bond motifs is 2. The van der Waals surface area contributed by atoms with Gasteiger partial charge in [0.2, 0.25) is 0 Å².